The van der Waals surface area contributed by atoms with Gasteiger partial charge in [-0.05, 0) is 24.1 Å². The number of anilines is 1. The number of rotatable bonds is 2. The summed E-state index contributed by atoms with van der Waals surface area (Å²) in [5.41, 5.74) is 1.41. The number of amides is 1. The molecule has 6 nitrogen and oxygen atoms in total. The highest BCUT2D eigenvalue weighted by atomic mass is 35.5. The van der Waals surface area contributed by atoms with Gasteiger partial charge in [0, 0.05) is 17.3 Å². The lowest BCUT2D eigenvalue weighted by Gasteiger charge is -2.25. The Bertz CT molecular complexity index is 637. The molecule has 0 aromatic carbocycles. The molecule has 2 N–H and O–H groups in total. The number of aromatic nitrogens is 3. The molecule has 0 saturated carbocycles. The Morgan fingerprint density at radius 1 is 1.45 bits per heavy atom. The average molecular weight is 292 g/mol. The summed E-state index contributed by atoms with van der Waals surface area (Å²) in [6, 6.07) is 0. The summed E-state index contributed by atoms with van der Waals surface area (Å²) in [4.78, 5) is 23.6. The van der Waals surface area contributed by atoms with Gasteiger partial charge in [0.25, 0.3) is 0 Å². The van der Waals surface area contributed by atoms with E-state index in [1.807, 2.05) is 26.0 Å². The third kappa shape index (κ3) is 2.16. The Morgan fingerprint density at radius 3 is 3.00 bits per heavy atom. The third-order valence-electron chi connectivity index (χ3n) is 3.77. The highest BCUT2D eigenvalue weighted by Crippen LogP contribution is 2.42. The minimum Gasteiger partial charge on any atom is -0.329 e. The molecule has 7 heteroatoms. The fourth-order valence-electron chi connectivity index (χ4n) is 2.51. The number of hydrogen-bond donors (Lipinski definition) is 2. The van der Waals surface area contributed by atoms with Crippen molar-refractivity contribution in [2.24, 2.45) is 11.3 Å². The summed E-state index contributed by atoms with van der Waals surface area (Å²) in [5, 5.41) is 6.14. The van der Waals surface area contributed by atoms with E-state index in [0.717, 1.165) is 17.8 Å². The average Bonchev–Trinajstić information content (AvgIpc) is 2.60. The smallest absolute Gasteiger partial charge is 0.231 e. The Hall–Kier alpha value is -1.95. The standard InChI is InChI=1S/C13H14ClN5O/c1-13(2)8-4-3-7(5-9(8)18-10(13)20)17-12-16-6-15-11(14)19-12/h3,5-6,8H,4H2,1-2H3,(H,18,20)(H,15,16,17,19). The van der Waals surface area contributed by atoms with E-state index in [1.165, 1.54) is 6.33 Å². The Morgan fingerprint density at radius 2 is 2.25 bits per heavy atom. The number of carbonyl (C=O) groups excluding carboxylic acids is 1. The maximum atomic E-state index is 11.9. The lowest BCUT2D eigenvalue weighted by Crippen LogP contribution is -2.28. The van der Waals surface area contributed by atoms with Crippen molar-refractivity contribution >= 4 is 23.5 Å². The second kappa shape index (κ2) is 4.56. The first-order valence-corrected chi connectivity index (χ1v) is 6.69. The maximum Gasteiger partial charge on any atom is 0.231 e. The van der Waals surface area contributed by atoms with Gasteiger partial charge in [0.2, 0.25) is 17.1 Å². The zero-order valence-electron chi connectivity index (χ0n) is 11.1. The number of hydrogen-bond acceptors (Lipinski definition) is 5. The van der Waals surface area contributed by atoms with Crippen LogP contribution in [0.15, 0.2) is 29.9 Å². The van der Waals surface area contributed by atoms with Crippen molar-refractivity contribution in [2.45, 2.75) is 20.3 Å². The number of halogens is 1. The fraction of sp³-hybridized carbons (Fsp3) is 0.385. The highest BCUT2D eigenvalue weighted by Gasteiger charge is 2.45. The van der Waals surface area contributed by atoms with Gasteiger partial charge in [0.1, 0.15) is 6.33 Å². The van der Waals surface area contributed by atoms with E-state index < -0.39 is 0 Å². The van der Waals surface area contributed by atoms with Crippen LogP contribution in [0.2, 0.25) is 5.28 Å². The molecule has 1 saturated heterocycles. The second-order valence-corrected chi connectivity index (χ2v) is 5.76. The molecular weight excluding hydrogens is 278 g/mol. The molecule has 1 aromatic rings. The molecule has 2 heterocycles. The van der Waals surface area contributed by atoms with Crippen molar-refractivity contribution in [3.63, 3.8) is 0 Å². The van der Waals surface area contributed by atoms with Gasteiger partial charge in [-0.2, -0.15) is 4.98 Å². The van der Waals surface area contributed by atoms with E-state index >= 15 is 0 Å². The molecule has 1 atom stereocenters. The van der Waals surface area contributed by atoms with Crippen LogP contribution in [-0.2, 0) is 4.79 Å². The van der Waals surface area contributed by atoms with Crippen LogP contribution in [-0.4, -0.2) is 20.9 Å². The zero-order valence-corrected chi connectivity index (χ0v) is 11.9. The molecule has 1 aliphatic heterocycles. The Balaban J connectivity index is 1.81. The number of allylic oxidation sites excluding steroid dienone is 3. The van der Waals surface area contributed by atoms with Crippen molar-refractivity contribution in [1.29, 1.82) is 0 Å². The molecule has 20 heavy (non-hydrogen) atoms. The largest absolute Gasteiger partial charge is 0.329 e. The first-order valence-electron chi connectivity index (χ1n) is 6.31. The first-order chi connectivity index (χ1) is 9.46. The van der Waals surface area contributed by atoms with Crippen LogP contribution in [0, 0.1) is 11.3 Å². The number of nitrogens with one attached hydrogen (secondary N) is 2. The van der Waals surface area contributed by atoms with Crippen LogP contribution >= 0.6 is 11.6 Å². The first kappa shape index (κ1) is 13.1. The van der Waals surface area contributed by atoms with E-state index in [4.69, 9.17) is 11.6 Å². The van der Waals surface area contributed by atoms with Crippen LogP contribution in [0.4, 0.5) is 5.95 Å². The summed E-state index contributed by atoms with van der Waals surface area (Å²) >= 11 is 5.71. The van der Waals surface area contributed by atoms with Crippen molar-refractivity contribution in [3.8, 4) is 0 Å². The molecule has 1 aliphatic carbocycles. The summed E-state index contributed by atoms with van der Waals surface area (Å²) in [5.74, 6) is 0.643. The molecule has 0 radical (unpaired) electrons. The number of fused-ring (bicyclic) bond motifs is 1. The fourth-order valence-corrected chi connectivity index (χ4v) is 2.63. The predicted octanol–water partition coefficient (Wildman–Crippen LogP) is 1.88. The third-order valence-corrected chi connectivity index (χ3v) is 3.95. The topological polar surface area (TPSA) is 79.8 Å². The van der Waals surface area contributed by atoms with Gasteiger partial charge in [-0.1, -0.05) is 19.9 Å². The van der Waals surface area contributed by atoms with Crippen LogP contribution in [0.25, 0.3) is 0 Å². The second-order valence-electron chi connectivity index (χ2n) is 5.43. The quantitative estimate of drug-likeness (QED) is 0.870. The molecule has 1 amide bonds. The molecule has 3 rings (SSSR count). The monoisotopic (exact) mass is 291 g/mol. The van der Waals surface area contributed by atoms with E-state index in [9.17, 15) is 4.79 Å². The van der Waals surface area contributed by atoms with Crippen molar-refractivity contribution in [1.82, 2.24) is 20.3 Å². The van der Waals surface area contributed by atoms with E-state index in [-0.39, 0.29) is 22.5 Å². The van der Waals surface area contributed by atoms with Crippen molar-refractivity contribution in [2.75, 3.05) is 5.32 Å². The van der Waals surface area contributed by atoms with E-state index in [2.05, 4.69) is 25.6 Å². The molecule has 0 spiro atoms. The minimum atomic E-state index is -0.371. The molecule has 1 fully saturated rings. The van der Waals surface area contributed by atoms with Crippen LogP contribution in [0.1, 0.15) is 20.3 Å². The SMILES string of the molecule is CC1(C)C(=O)NC2=CC(Nc3ncnc(Cl)n3)=CCC21. The van der Waals surface area contributed by atoms with Gasteiger partial charge in [-0.25, -0.2) is 9.97 Å². The number of nitrogens with zero attached hydrogens (tertiary/aromatic N) is 3. The van der Waals surface area contributed by atoms with Gasteiger partial charge in [-0.15, -0.1) is 0 Å². The van der Waals surface area contributed by atoms with Crippen LogP contribution in [0.5, 0.6) is 0 Å². The normalized spacial score (nSPS) is 23.6. The molecule has 104 valence electrons. The van der Waals surface area contributed by atoms with Crippen LogP contribution in [0.3, 0.4) is 0 Å². The van der Waals surface area contributed by atoms with E-state index in [1.54, 1.807) is 0 Å². The molecule has 2 aliphatic rings. The Labute approximate surface area is 121 Å². The van der Waals surface area contributed by atoms with Crippen molar-refractivity contribution in [3.05, 3.63) is 35.2 Å². The predicted molar refractivity (Wildman–Crippen MR) is 74.7 cm³/mol. The molecule has 1 unspecified atom stereocenters. The van der Waals surface area contributed by atoms with E-state index in [0.29, 0.717) is 5.95 Å². The van der Waals surface area contributed by atoms with Gasteiger partial charge in [0.05, 0.1) is 5.41 Å². The van der Waals surface area contributed by atoms with Gasteiger partial charge < -0.3 is 10.6 Å². The highest BCUT2D eigenvalue weighted by molar-refractivity contribution is 6.28. The summed E-state index contributed by atoms with van der Waals surface area (Å²) in [6.07, 6.45) is 6.09. The van der Waals surface area contributed by atoms with Gasteiger partial charge >= 0.3 is 0 Å². The van der Waals surface area contributed by atoms with Gasteiger partial charge in [-0.3, -0.25) is 4.79 Å². The van der Waals surface area contributed by atoms with Gasteiger partial charge in [0.15, 0.2) is 0 Å². The van der Waals surface area contributed by atoms with Crippen LogP contribution < -0.4 is 10.6 Å². The van der Waals surface area contributed by atoms with Crippen molar-refractivity contribution < 1.29 is 4.79 Å². The molecule has 1 aromatic heterocycles. The summed E-state index contributed by atoms with van der Waals surface area (Å²) in [7, 11) is 0. The lowest BCUT2D eigenvalue weighted by molar-refractivity contribution is -0.127. The number of carbonyl (C=O) groups is 1. The summed E-state index contributed by atoms with van der Waals surface area (Å²) in [6.45, 7) is 3.93. The summed E-state index contributed by atoms with van der Waals surface area (Å²) < 4.78 is 0. The maximum absolute atomic E-state index is 11.9. The molecule has 0 bridgehead atoms. The Kier molecular flexibility index (Phi) is 2.97. The minimum absolute atomic E-state index is 0.0617. The lowest BCUT2D eigenvalue weighted by atomic mass is 9.76. The zero-order chi connectivity index (χ0) is 14.3. The molecular formula is C13H14ClN5O.